The number of rotatable bonds is 12. The van der Waals surface area contributed by atoms with Crippen LogP contribution in [0.3, 0.4) is 0 Å². The summed E-state index contributed by atoms with van der Waals surface area (Å²) in [7, 11) is -1.71. The molecule has 0 aliphatic heterocycles. The Bertz CT molecular complexity index is 762. The van der Waals surface area contributed by atoms with Gasteiger partial charge in [-0.25, -0.2) is 0 Å². The maximum atomic E-state index is 2.47. The lowest BCUT2D eigenvalue weighted by Gasteiger charge is -2.26. The summed E-state index contributed by atoms with van der Waals surface area (Å²) in [6.45, 7) is 2.28. The second kappa shape index (κ2) is 14.2. The van der Waals surface area contributed by atoms with Crippen LogP contribution in [0.25, 0.3) is 0 Å². The van der Waals surface area contributed by atoms with E-state index in [0.29, 0.717) is 0 Å². The molecule has 3 rings (SSSR count). The van der Waals surface area contributed by atoms with Crippen LogP contribution in [0.5, 0.6) is 0 Å². The highest BCUT2D eigenvalue weighted by Gasteiger charge is 2.43. The first-order chi connectivity index (χ1) is 14.9. The summed E-state index contributed by atoms with van der Waals surface area (Å²) < 4.78 is 0. The number of benzene rings is 3. The highest BCUT2D eigenvalue weighted by molar-refractivity contribution is 7.95. The Morgan fingerprint density at radius 2 is 0.968 bits per heavy atom. The lowest BCUT2D eigenvalue weighted by molar-refractivity contribution is -0.00000603. The van der Waals surface area contributed by atoms with Crippen LogP contribution in [-0.2, 0) is 0 Å². The van der Waals surface area contributed by atoms with Crippen molar-refractivity contribution in [2.24, 2.45) is 0 Å². The monoisotopic (exact) mass is 450 g/mol. The molecule has 164 valence electrons. The second-order valence-corrected chi connectivity index (χ2v) is 11.6. The minimum absolute atomic E-state index is 0. The van der Waals surface area contributed by atoms with E-state index in [1.54, 1.807) is 0 Å². The number of unbranched alkanes of at least 4 members (excludes halogenated alkanes) is 6. The maximum absolute atomic E-state index is 2.47. The number of hydrogen-bond acceptors (Lipinski definition) is 0. The van der Waals surface area contributed by atoms with Gasteiger partial charge in [-0.1, -0.05) is 106 Å². The number of hydrogen-bond donors (Lipinski definition) is 0. The van der Waals surface area contributed by atoms with Crippen molar-refractivity contribution in [1.29, 1.82) is 0 Å². The first-order valence-electron chi connectivity index (χ1n) is 11.6. The Kier molecular flexibility index (Phi) is 11.7. The minimum Gasteiger partial charge on any atom is -1.00 e. The summed E-state index contributed by atoms with van der Waals surface area (Å²) in [5.41, 5.74) is 0. The highest BCUT2D eigenvalue weighted by Crippen LogP contribution is 2.55. The van der Waals surface area contributed by atoms with Gasteiger partial charge in [0.25, 0.3) is 0 Å². The molecule has 0 radical (unpaired) electrons. The van der Waals surface area contributed by atoms with E-state index in [9.17, 15) is 0 Å². The van der Waals surface area contributed by atoms with Crippen molar-refractivity contribution >= 4 is 23.2 Å². The summed E-state index contributed by atoms with van der Waals surface area (Å²) in [5.74, 6) is 0. The molecule has 0 amide bonds. The van der Waals surface area contributed by atoms with E-state index in [-0.39, 0.29) is 12.4 Å². The molecule has 0 unspecified atom stereocenters. The summed E-state index contributed by atoms with van der Waals surface area (Å²) in [4.78, 5) is 0. The van der Waals surface area contributed by atoms with Crippen LogP contribution in [0.2, 0.25) is 0 Å². The molecule has 2 heteroatoms. The van der Waals surface area contributed by atoms with Crippen molar-refractivity contribution in [2.45, 2.75) is 51.9 Å². The Morgan fingerprint density at radius 3 is 1.42 bits per heavy atom. The SMILES string of the molecule is CCCCCCCC/C=C\C[P+](c1ccccc1)(c1ccccc1)c1ccccc1.[Cl-]. The molecular weight excluding hydrogens is 415 g/mol. The van der Waals surface area contributed by atoms with Crippen LogP contribution in [0.15, 0.2) is 103 Å². The average molecular weight is 451 g/mol. The largest absolute Gasteiger partial charge is 1.00 e. The highest BCUT2D eigenvalue weighted by atomic mass is 35.5. The molecule has 0 N–H and O–H groups in total. The lowest BCUT2D eigenvalue weighted by Crippen LogP contribution is -3.00. The van der Waals surface area contributed by atoms with Crippen LogP contribution < -0.4 is 28.3 Å². The van der Waals surface area contributed by atoms with Crippen molar-refractivity contribution in [3.8, 4) is 0 Å². The number of allylic oxidation sites excluding steroid dienone is 2. The van der Waals surface area contributed by atoms with Crippen molar-refractivity contribution in [1.82, 2.24) is 0 Å². The zero-order valence-corrected chi connectivity index (χ0v) is 20.4. The average Bonchev–Trinajstić information content (AvgIpc) is 2.82. The normalized spacial score (nSPS) is 11.4. The van der Waals surface area contributed by atoms with E-state index in [4.69, 9.17) is 0 Å². The molecule has 0 atom stereocenters. The smallest absolute Gasteiger partial charge is 0.115 e. The van der Waals surface area contributed by atoms with Gasteiger partial charge in [0, 0.05) is 0 Å². The fraction of sp³-hybridized carbons (Fsp3) is 0.310. The van der Waals surface area contributed by atoms with E-state index in [1.165, 1.54) is 60.9 Å². The van der Waals surface area contributed by atoms with Gasteiger partial charge in [-0.2, -0.15) is 0 Å². The molecule has 0 heterocycles. The van der Waals surface area contributed by atoms with Crippen molar-refractivity contribution in [2.75, 3.05) is 6.16 Å². The van der Waals surface area contributed by atoms with Gasteiger partial charge in [-0.3, -0.25) is 0 Å². The van der Waals surface area contributed by atoms with Crippen LogP contribution in [-0.4, -0.2) is 6.16 Å². The van der Waals surface area contributed by atoms with E-state index in [2.05, 4.69) is 110 Å². The minimum atomic E-state index is -1.71. The van der Waals surface area contributed by atoms with E-state index in [0.717, 1.165) is 6.16 Å². The fourth-order valence-corrected chi connectivity index (χ4v) is 8.24. The van der Waals surface area contributed by atoms with Gasteiger partial charge >= 0.3 is 0 Å². The standard InChI is InChI=1S/C29H36P.ClH/c1-2-3-4-5-6-7-8-9-19-26-30(27-20-13-10-14-21-27,28-22-15-11-16-23-28)29-24-17-12-18-25-29;/h9-25H,2-8,26H2,1H3;1H/q+1;/p-1/b19-9-;. The Morgan fingerprint density at radius 1 is 0.548 bits per heavy atom. The Hall–Kier alpha value is -1.88. The molecule has 0 saturated heterocycles. The van der Waals surface area contributed by atoms with E-state index in [1.807, 2.05) is 0 Å². The van der Waals surface area contributed by atoms with Gasteiger partial charge in [0.2, 0.25) is 0 Å². The zero-order chi connectivity index (χ0) is 20.9. The summed E-state index contributed by atoms with van der Waals surface area (Å²) in [5, 5.41) is 4.39. The van der Waals surface area contributed by atoms with Crippen molar-refractivity contribution in [3.05, 3.63) is 103 Å². The Balaban J connectivity index is 0.00000341. The third-order valence-corrected chi connectivity index (χ3v) is 10.2. The summed E-state index contributed by atoms with van der Waals surface area (Å²) in [6, 6.07) is 33.5. The molecule has 31 heavy (non-hydrogen) atoms. The van der Waals surface area contributed by atoms with Crippen molar-refractivity contribution < 1.29 is 12.4 Å². The molecule has 0 aliphatic carbocycles. The molecule has 0 aromatic heterocycles. The zero-order valence-electron chi connectivity index (χ0n) is 18.8. The molecule has 0 nitrogen and oxygen atoms in total. The van der Waals surface area contributed by atoms with Crippen LogP contribution in [0, 0.1) is 0 Å². The molecule has 0 fully saturated rings. The maximum Gasteiger partial charge on any atom is 0.115 e. The van der Waals surface area contributed by atoms with Crippen LogP contribution >= 0.6 is 7.26 Å². The van der Waals surface area contributed by atoms with Crippen LogP contribution in [0.1, 0.15) is 51.9 Å². The van der Waals surface area contributed by atoms with Gasteiger partial charge < -0.3 is 12.4 Å². The molecular formula is C29H36ClP. The summed E-state index contributed by atoms with van der Waals surface area (Å²) >= 11 is 0. The van der Waals surface area contributed by atoms with Gasteiger partial charge in [0.1, 0.15) is 23.2 Å². The molecule has 0 bridgehead atoms. The first kappa shape index (κ1) is 25.4. The van der Waals surface area contributed by atoms with E-state index >= 15 is 0 Å². The fourth-order valence-electron chi connectivity index (χ4n) is 4.20. The second-order valence-electron chi connectivity index (χ2n) is 8.03. The molecule has 0 saturated carbocycles. The first-order valence-corrected chi connectivity index (χ1v) is 13.6. The quantitative estimate of drug-likeness (QED) is 0.219. The molecule has 0 aliphatic rings. The van der Waals surface area contributed by atoms with Gasteiger partial charge in [0.05, 0.1) is 6.16 Å². The third kappa shape index (κ3) is 7.06. The van der Waals surface area contributed by atoms with Crippen LogP contribution in [0.4, 0.5) is 0 Å². The molecule has 3 aromatic rings. The lowest BCUT2D eigenvalue weighted by atomic mass is 10.1. The topological polar surface area (TPSA) is 0 Å². The van der Waals surface area contributed by atoms with E-state index < -0.39 is 7.26 Å². The predicted octanol–water partition coefficient (Wildman–Crippen LogP) is 4.29. The number of halogens is 1. The molecule has 0 spiro atoms. The molecule has 3 aromatic carbocycles. The third-order valence-electron chi connectivity index (χ3n) is 5.86. The predicted molar refractivity (Wildman–Crippen MR) is 137 cm³/mol. The van der Waals surface area contributed by atoms with Gasteiger partial charge in [0.15, 0.2) is 0 Å². The van der Waals surface area contributed by atoms with Gasteiger partial charge in [-0.15, -0.1) is 0 Å². The van der Waals surface area contributed by atoms with Gasteiger partial charge in [-0.05, 0) is 49.2 Å². The summed E-state index contributed by atoms with van der Waals surface area (Å²) in [6.07, 6.45) is 15.3. The Labute approximate surface area is 196 Å². The van der Waals surface area contributed by atoms with Crippen molar-refractivity contribution in [3.63, 3.8) is 0 Å².